The number of aromatic nitrogens is 4. The minimum atomic E-state index is -1.30. The zero-order valence-electron chi connectivity index (χ0n) is 18.7. The lowest BCUT2D eigenvalue weighted by atomic mass is 10.2. The molecule has 1 unspecified atom stereocenters. The Balaban J connectivity index is 1.58. The van der Waals surface area contributed by atoms with Crippen LogP contribution in [0.4, 0.5) is 5.82 Å². The summed E-state index contributed by atoms with van der Waals surface area (Å²) >= 11 is 0.174. The van der Waals surface area contributed by atoms with Crippen molar-refractivity contribution in [1.82, 2.24) is 24.9 Å². The molecule has 3 aromatic rings. The van der Waals surface area contributed by atoms with E-state index >= 15 is 0 Å². The van der Waals surface area contributed by atoms with Crippen LogP contribution in [-0.4, -0.2) is 71.3 Å². The fourth-order valence-corrected chi connectivity index (χ4v) is 5.60. The quantitative estimate of drug-likeness (QED) is 0.255. The van der Waals surface area contributed by atoms with Crippen LogP contribution in [-0.2, 0) is 20.8 Å². The first-order valence-corrected chi connectivity index (χ1v) is 12.8. The Kier molecular flexibility index (Phi) is 8.48. The molecule has 4 rings (SSSR count). The van der Waals surface area contributed by atoms with E-state index in [2.05, 4.69) is 19.8 Å². The van der Waals surface area contributed by atoms with Crippen LogP contribution in [0.1, 0.15) is 23.5 Å². The maximum atomic E-state index is 12.8. The molecule has 0 bridgehead atoms. The summed E-state index contributed by atoms with van der Waals surface area (Å²) in [6.45, 7) is 6.10. The van der Waals surface area contributed by atoms with Crippen LogP contribution in [0.3, 0.4) is 0 Å². The van der Waals surface area contributed by atoms with Crippen LogP contribution in [0.25, 0.3) is 22.4 Å². The molecule has 0 radical (unpaired) electrons. The van der Waals surface area contributed by atoms with E-state index in [0.29, 0.717) is 32.2 Å². The number of allylic oxidation sites excluding steroid dienone is 2. The summed E-state index contributed by atoms with van der Waals surface area (Å²) < 4.78 is 28.1. The molecule has 9 nitrogen and oxygen atoms in total. The lowest BCUT2D eigenvalue weighted by molar-refractivity contribution is 0.122. The molecule has 176 valence electrons. The van der Waals surface area contributed by atoms with Crippen LogP contribution >= 0.6 is 11.3 Å². The van der Waals surface area contributed by atoms with Gasteiger partial charge in [0, 0.05) is 39.4 Å². The molecule has 11 heteroatoms. The Morgan fingerprint density at radius 2 is 2.12 bits per heavy atom. The Morgan fingerprint density at radius 3 is 2.88 bits per heavy atom. The van der Waals surface area contributed by atoms with Crippen molar-refractivity contribution in [2.75, 3.05) is 51.5 Å². The zero-order chi connectivity index (χ0) is 23.0. The minimum absolute atomic E-state index is 0.609. The van der Waals surface area contributed by atoms with Gasteiger partial charge in [-0.3, -0.25) is 5.10 Å². The number of thiophene rings is 1. The van der Waals surface area contributed by atoms with Crippen molar-refractivity contribution in [1.29, 1.82) is 0 Å². The van der Waals surface area contributed by atoms with Gasteiger partial charge in [-0.05, 0) is 31.1 Å². The zero-order valence-corrected chi connectivity index (χ0v) is 20.4. The smallest absolute Gasteiger partial charge is 0.230 e. The number of H-pyrrole nitrogens is 1. The van der Waals surface area contributed by atoms with Gasteiger partial charge in [0.05, 0.1) is 42.0 Å². The number of ether oxygens (including phenoxy) is 2. The van der Waals surface area contributed by atoms with Crippen molar-refractivity contribution in [3.8, 4) is 0 Å². The number of morpholine rings is 1. The second-order valence-electron chi connectivity index (χ2n) is 7.48. The van der Waals surface area contributed by atoms with Gasteiger partial charge in [-0.25, -0.2) is 9.97 Å². The molecule has 3 aromatic heterocycles. The summed E-state index contributed by atoms with van der Waals surface area (Å²) in [6, 6.07) is 1.90. The van der Waals surface area contributed by atoms with E-state index in [1.165, 1.54) is 11.3 Å². The lowest BCUT2D eigenvalue weighted by Gasteiger charge is -2.28. The molecular weight excluding hydrogens is 460 g/mol. The predicted molar refractivity (Wildman–Crippen MR) is 133 cm³/mol. The van der Waals surface area contributed by atoms with E-state index < -0.39 is 11.4 Å². The van der Waals surface area contributed by atoms with Gasteiger partial charge in [-0.1, -0.05) is 23.5 Å². The average molecular weight is 489 g/mol. The molecule has 0 spiro atoms. The highest BCUT2D eigenvalue weighted by Gasteiger charge is 2.23. The highest BCUT2D eigenvalue weighted by molar-refractivity contribution is 7.91. The maximum Gasteiger partial charge on any atom is 0.230 e. The van der Waals surface area contributed by atoms with E-state index in [-0.39, 0.29) is 0 Å². The van der Waals surface area contributed by atoms with Crippen LogP contribution in [0.2, 0.25) is 0 Å². The lowest BCUT2D eigenvalue weighted by Crippen LogP contribution is -2.36. The Labute approximate surface area is 200 Å². The Hall–Kier alpha value is -2.28. The predicted octanol–water partition coefficient (Wildman–Crippen LogP) is 2.93. The normalized spacial score (nSPS) is 15.9. The molecule has 33 heavy (non-hydrogen) atoms. The van der Waals surface area contributed by atoms with Gasteiger partial charge in [-0.2, -0.15) is 5.10 Å². The van der Waals surface area contributed by atoms with Crippen molar-refractivity contribution in [3.05, 3.63) is 41.5 Å². The molecule has 0 aliphatic carbocycles. The van der Waals surface area contributed by atoms with E-state index in [4.69, 9.17) is 19.4 Å². The summed E-state index contributed by atoms with van der Waals surface area (Å²) in [7, 11) is 1.66. The highest BCUT2D eigenvalue weighted by Crippen LogP contribution is 2.34. The molecule has 0 saturated carbocycles. The van der Waals surface area contributed by atoms with Crippen molar-refractivity contribution in [2.24, 2.45) is 0 Å². The molecule has 1 aliphatic heterocycles. The van der Waals surface area contributed by atoms with Gasteiger partial charge in [0.1, 0.15) is 4.70 Å². The number of nitrogens with zero attached hydrogens (tertiary/aromatic N) is 4. The number of aryl methyl sites for hydroxylation is 1. The SMILES string of the molecule is COCCCN[S+]([O-])c1cc2nc(/C=C/C=C\c3[nH]ncc3C)nc(N3CCOCC3)c2s1. The Bertz CT molecular complexity index is 1110. The third kappa shape index (κ3) is 6.19. The van der Waals surface area contributed by atoms with Gasteiger partial charge < -0.3 is 18.9 Å². The van der Waals surface area contributed by atoms with E-state index in [1.807, 2.05) is 37.3 Å². The van der Waals surface area contributed by atoms with Gasteiger partial charge in [0.15, 0.2) is 11.6 Å². The third-order valence-corrected chi connectivity index (χ3v) is 7.66. The first-order chi connectivity index (χ1) is 16.2. The van der Waals surface area contributed by atoms with Crippen LogP contribution in [0.15, 0.2) is 28.6 Å². The molecule has 1 saturated heterocycles. The number of fused-ring (bicyclic) bond motifs is 1. The molecular formula is C22H28N6O3S2. The monoisotopic (exact) mass is 488 g/mol. The van der Waals surface area contributed by atoms with E-state index in [1.54, 1.807) is 13.3 Å². The molecule has 2 N–H and O–H groups in total. The molecule has 1 fully saturated rings. The first kappa shape index (κ1) is 23.9. The average Bonchev–Trinajstić information content (AvgIpc) is 3.45. The molecule has 4 heterocycles. The van der Waals surface area contributed by atoms with Crippen molar-refractivity contribution in [2.45, 2.75) is 17.6 Å². The largest absolute Gasteiger partial charge is 0.592 e. The number of rotatable bonds is 10. The molecule has 1 atom stereocenters. The van der Waals surface area contributed by atoms with Gasteiger partial charge >= 0.3 is 0 Å². The second kappa shape index (κ2) is 11.7. The van der Waals surface area contributed by atoms with E-state index in [9.17, 15) is 4.55 Å². The number of hydrogen-bond acceptors (Lipinski definition) is 9. The standard InChI is InChI=1S/C22H28N6O3S2/c1-16-15-23-27-17(16)6-3-4-7-19-25-18-14-20(33(29)24-8-5-11-30-2)32-21(18)22(26-19)28-9-12-31-13-10-28/h3-4,6-7,14-15,24H,5,8-13H2,1-2H3,(H,23,27)/b6-3-,7-4+. The number of hydrogen-bond donors (Lipinski definition) is 2. The summed E-state index contributed by atoms with van der Waals surface area (Å²) in [4.78, 5) is 11.8. The summed E-state index contributed by atoms with van der Waals surface area (Å²) in [5.74, 6) is 1.47. The van der Waals surface area contributed by atoms with Gasteiger partial charge in [0.25, 0.3) is 0 Å². The summed E-state index contributed by atoms with van der Waals surface area (Å²) in [5.41, 5.74) is 2.85. The molecule has 1 aliphatic rings. The number of anilines is 1. The second-order valence-corrected chi connectivity index (χ2v) is 10.1. The fraction of sp³-hybridized carbons (Fsp3) is 0.409. The molecule has 0 amide bonds. The van der Waals surface area contributed by atoms with Gasteiger partial charge in [0.2, 0.25) is 4.21 Å². The van der Waals surface area contributed by atoms with Crippen molar-refractivity contribution < 1.29 is 14.0 Å². The first-order valence-electron chi connectivity index (χ1n) is 10.8. The van der Waals surface area contributed by atoms with Crippen LogP contribution in [0, 0.1) is 6.92 Å². The van der Waals surface area contributed by atoms with Crippen molar-refractivity contribution >= 4 is 50.9 Å². The third-order valence-electron chi connectivity index (χ3n) is 5.09. The summed E-state index contributed by atoms with van der Waals surface area (Å²) in [6.07, 6.45) is 10.3. The van der Waals surface area contributed by atoms with Crippen molar-refractivity contribution in [3.63, 3.8) is 0 Å². The van der Waals surface area contributed by atoms with E-state index in [0.717, 1.165) is 51.0 Å². The molecule has 0 aromatic carbocycles. The van der Waals surface area contributed by atoms with Gasteiger partial charge in [-0.15, -0.1) is 4.72 Å². The maximum absolute atomic E-state index is 12.8. The highest BCUT2D eigenvalue weighted by atomic mass is 32.2. The Morgan fingerprint density at radius 1 is 1.30 bits per heavy atom. The van der Waals surface area contributed by atoms with Crippen LogP contribution in [0.5, 0.6) is 0 Å². The minimum Gasteiger partial charge on any atom is -0.592 e. The summed E-state index contributed by atoms with van der Waals surface area (Å²) in [5, 5.41) is 6.98. The number of methoxy groups -OCH3 is 1. The number of nitrogens with one attached hydrogen (secondary N) is 2. The number of aromatic amines is 1. The topological polar surface area (TPSA) is 111 Å². The van der Waals surface area contributed by atoms with Crippen LogP contribution < -0.4 is 9.62 Å². The fourth-order valence-electron chi connectivity index (χ4n) is 3.34.